The molecule has 2 saturated carbocycles. The average molecular weight is 337 g/mol. The first-order chi connectivity index (χ1) is 9.63. The molecule has 0 spiro atoms. The van der Waals surface area contributed by atoms with Gasteiger partial charge in [0.2, 0.25) is 0 Å². The number of nitrogens with zero attached hydrogens (tertiary/aromatic N) is 1. The minimum atomic E-state index is 0.712. The second kappa shape index (κ2) is 6.07. The fraction of sp³-hybridized carbons (Fsp3) is 0.647. The minimum absolute atomic E-state index is 0.712. The van der Waals surface area contributed by atoms with Gasteiger partial charge in [-0.3, -0.25) is 0 Å². The van der Waals surface area contributed by atoms with Crippen LogP contribution in [0.2, 0.25) is 0 Å². The molecule has 2 aliphatic rings. The average Bonchev–Trinajstić information content (AvgIpc) is 3.27. The Labute approximate surface area is 131 Å². The first-order valence-electron chi connectivity index (χ1n) is 7.92. The van der Waals surface area contributed by atoms with Crippen LogP contribution in [0.4, 0.5) is 5.69 Å². The van der Waals surface area contributed by atoms with Crippen molar-refractivity contribution in [3.63, 3.8) is 0 Å². The molecule has 2 nitrogen and oxygen atoms in total. The molecular formula is C17H25BrN2. The molecule has 3 rings (SSSR count). The van der Waals surface area contributed by atoms with Crippen molar-refractivity contribution in [2.75, 3.05) is 11.4 Å². The molecule has 0 radical (unpaired) electrons. The van der Waals surface area contributed by atoms with E-state index in [4.69, 9.17) is 0 Å². The van der Waals surface area contributed by atoms with Gasteiger partial charge in [0.05, 0.1) is 0 Å². The van der Waals surface area contributed by atoms with Crippen molar-refractivity contribution < 1.29 is 0 Å². The van der Waals surface area contributed by atoms with Crippen LogP contribution in [-0.4, -0.2) is 18.6 Å². The Kier molecular flexibility index (Phi) is 4.37. The Balaban J connectivity index is 1.80. The monoisotopic (exact) mass is 336 g/mol. The zero-order valence-corrected chi connectivity index (χ0v) is 14.1. The number of rotatable bonds is 7. The summed E-state index contributed by atoms with van der Waals surface area (Å²) in [6.07, 6.45) is 5.42. The minimum Gasteiger partial charge on any atom is -0.368 e. The molecule has 0 aliphatic heterocycles. The number of hydrogen-bond acceptors (Lipinski definition) is 2. The molecule has 1 aromatic carbocycles. The normalized spacial score (nSPS) is 18.6. The lowest BCUT2D eigenvalue weighted by Gasteiger charge is -2.29. The maximum atomic E-state index is 3.66. The van der Waals surface area contributed by atoms with Crippen LogP contribution < -0.4 is 10.2 Å². The van der Waals surface area contributed by atoms with Crippen molar-refractivity contribution >= 4 is 21.6 Å². The van der Waals surface area contributed by atoms with Gasteiger partial charge < -0.3 is 10.2 Å². The molecule has 0 heterocycles. The summed E-state index contributed by atoms with van der Waals surface area (Å²) in [7, 11) is 0. The quantitative estimate of drug-likeness (QED) is 0.797. The van der Waals surface area contributed by atoms with Crippen LogP contribution >= 0.6 is 15.9 Å². The van der Waals surface area contributed by atoms with Gasteiger partial charge in [-0.15, -0.1) is 0 Å². The zero-order valence-electron chi connectivity index (χ0n) is 12.5. The largest absolute Gasteiger partial charge is 0.368 e. The molecule has 3 heteroatoms. The maximum absolute atomic E-state index is 3.66. The van der Waals surface area contributed by atoms with Crippen molar-refractivity contribution in [1.29, 1.82) is 0 Å². The zero-order chi connectivity index (χ0) is 14.1. The number of halogens is 1. The van der Waals surface area contributed by atoms with Crippen LogP contribution in [0, 0.1) is 5.92 Å². The van der Waals surface area contributed by atoms with Crippen LogP contribution in [0.5, 0.6) is 0 Å². The fourth-order valence-corrected chi connectivity index (χ4v) is 3.15. The molecule has 0 aromatic heterocycles. The second-order valence-corrected chi connectivity index (χ2v) is 7.62. The second-order valence-electron chi connectivity index (χ2n) is 6.71. The van der Waals surface area contributed by atoms with E-state index in [0.717, 1.165) is 18.6 Å². The molecule has 2 aliphatic carbocycles. The molecular weight excluding hydrogens is 312 g/mol. The highest BCUT2D eigenvalue weighted by molar-refractivity contribution is 9.10. The lowest BCUT2D eigenvalue weighted by molar-refractivity contribution is 0.602. The molecule has 2 fully saturated rings. The van der Waals surface area contributed by atoms with Gasteiger partial charge in [0.25, 0.3) is 0 Å². The van der Waals surface area contributed by atoms with E-state index in [1.54, 1.807) is 0 Å². The van der Waals surface area contributed by atoms with Crippen LogP contribution in [0.1, 0.15) is 45.1 Å². The lowest BCUT2D eigenvalue weighted by atomic mass is 10.1. The topological polar surface area (TPSA) is 15.3 Å². The van der Waals surface area contributed by atoms with Crippen molar-refractivity contribution in [3.8, 4) is 0 Å². The Hall–Kier alpha value is -0.540. The van der Waals surface area contributed by atoms with Crippen LogP contribution in [0.15, 0.2) is 22.7 Å². The summed E-state index contributed by atoms with van der Waals surface area (Å²) >= 11 is 3.63. The van der Waals surface area contributed by atoms with Gasteiger partial charge in [-0.2, -0.15) is 0 Å². The molecule has 1 N–H and O–H groups in total. The van der Waals surface area contributed by atoms with Gasteiger partial charge in [-0.25, -0.2) is 0 Å². The van der Waals surface area contributed by atoms with Crippen molar-refractivity contribution in [3.05, 3.63) is 28.2 Å². The predicted molar refractivity (Wildman–Crippen MR) is 89.2 cm³/mol. The van der Waals surface area contributed by atoms with Gasteiger partial charge in [-0.1, -0.05) is 29.8 Å². The maximum Gasteiger partial charge on any atom is 0.0415 e. The summed E-state index contributed by atoms with van der Waals surface area (Å²) in [5, 5.41) is 3.66. The molecule has 0 bridgehead atoms. The van der Waals surface area contributed by atoms with Crippen molar-refractivity contribution in [2.45, 2.75) is 58.2 Å². The number of hydrogen-bond donors (Lipinski definition) is 1. The van der Waals surface area contributed by atoms with E-state index in [-0.39, 0.29) is 0 Å². The third-order valence-corrected chi connectivity index (χ3v) is 4.55. The molecule has 0 atom stereocenters. The van der Waals surface area contributed by atoms with Gasteiger partial charge >= 0.3 is 0 Å². The highest BCUT2D eigenvalue weighted by Crippen LogP contribution is 2.35. The Morgan fingerprint density at radius 2 is 2.00 bits per heavy atom. The first kappa shape index (κ1) is 14.4. The molecule has 0 unspecified atom stereocenters. The molecule has 1 aromatic rings. The van der Waals surface area contributed by atoms with Gasteiger partial charge in [0.1, 0.15) is 0 Å². The van der Waals surface area contributed by atoms with Gasteiger partial charge in [0, 0.05) is 35.3 Å². The Bertz CT molecular complexity index is 464. The van der Waals surface area contributed by atoms with E-state index in [0.29, 0.717) is 5.92 Å². The molecule has 0 saturated heterocycles. The van der Waals surface area contributed by atoms with Crippen LogP contribution in [0.3, 0.4) is 0 Å². The third-order valence-electron chi connectivity index (χ3n) is 4.06. The van der Waals surface area contributed by atoms with Crippen molar-refractivity contribution in [2.24, 2.45) is 5.92 Å². The predicted octanol–water partition coefficient (Wildman–Crippen LogP) is 4.33. The van der Waals surface area contributed by atoms with Crippen LogP contribution in [-0.2, 0) is 6.54 Å². The van der Waals surface area contributed by atoms with E-state index >= 15 is 0 Å². The fourth-order valence-electron chi connectivity index (χ4n) is 2.74. The Morgan fingerprint density at radius 3 is 2.60 bits per heavy atom. The summed E-state index contributed by atoms with van der Waals surface area (Å²) in [5.74, 6) is 0.712. The smallest absolute Gasteiger partial charge is 0.0415 e. The van der Waals surface area contributed by atoms with Gasteiger partial charge in [0.15, 0.2) is 0 Å². The summed E-state index contributed by atoms with van der Waals surface area (Å²) in [5.41, 5.74) is 2.89. The lowest BCUT2D eigenvalue weighted by Crippen LogP contribution is -2.31. The summed E-state index contributed by atoms with van der Waals surface area (Å²) in [6, 6.07) is 8.32. The SMILES string of the molecule is CC(C)CN(c1ccc(Br)cc1CNC1CC1)C1CC1. The van der Waals surface area contributed by atoms with E-state index in [9.17, 15) is 0 Å². The number of anilines is 1. The van der Waals surface area contributed by atoms with E-state index in [1.807, 2.05) is 0 Å². The van der Waals surface area contributed by atoms with Gasteiger partial charge in [-0.05, 0) is 55.4 Å². The number of benzene rings is 1. The standard InChI is InChI=1S/C17H25BrN2/c1-12(2)11-20(16-6-7-16)17-8-3-14(18)9-13(17)10-19-15-4-5-15/h3,8-9,12,15-16,19H,4-7,10-11H2,1-2H3. The highest BCUT2D eigenvalue weighted by Gasteiger charge is 2.31. The molecule has 20 heavy (non-hydrogen) atoms. The highest BCUT2D eigenvalue weighted by atomic mass is 79.9. The molecule has 110 valence electrons. The van der Waals surface area contributed by atoms with E-state index in [2.05, 4.69) is 58.2 Å². The summed E-state index contributed by atoms with van der Waals surface area (Å²) in [6.45, 7) is 6.80. The third kappa shape index (κ3) is 3.76. The summed E-state index contributed by atoms with van der Waals surface area (Å²) < 4.78 is 1.19. The van der Waals surface area contributed by atoms with Crippen molar-refractivity contribution in [1.82, 2.24) is 5.32 Å². The van der Waals surface area contributed by atoms with E-state index in [1.165, 1.54) is 48.0 Å². The first-order valence-corrected chi connectivity index (χ1v) is 8.71. The molecule has 0 amide bonds. The Morgan fingerprint density at radius 1 is 1.25 bits per heavy atom. The number of nitrogens with one attached hydrogen (secondary N) is 1. The summed E-state index contributed by atoms with van der Waals surface area (Å²) in [4.78, 5) is 2.64. The van der Waals surface area contributed by atoms with E-state index < -0.39 is 0 Å². The van der Waals surface area contributed by atoms with Crippen LogP contribution in [0.25, 0.3) is 0 Å².